The van der Waals surface area contributed by atoms with Crippen molar-refractivity contribution >= 4 is 28.4 Å². The van der Waals surface area contributed by atoms with Crippen LogP contribution in [0.2, 0.25) is 0 Å². The van der Waals surface area contributed by atoms with Gasteiger partial charge in [0.2, 0.25) is 17.6 Å². The predicted molar refractivity (Wildman–Crippen MR) is 174 cm³/mol. The van der Waals surface area contributed by atoms with E-state index in [1.54, 1.807) is 38.4 Å². The van der Waals surface area contributed by atoms with Gasteiger partial charge in [-0.1, -0.05) is 63.4 Å². The van der Waals surface area contributed by atoms with Gasteiger partial charge in [0.05, 0.1) is 27.8 Å². The summed E-state index contributed by atoms with van der Waals surface area (Å²) < 4.78 is 16.9. The van der Waals surface area contributed by atoms with E-state index in [0.717, 1.165) is 47.7 Å². The summed E-state index contributed by atoms with van der Waals surface area (Å²) in [7, 11) is 4.63. The molecule has 0 bridgehead atoms. The number of benzene rings is 3. The molecule has 5 rings (SSSR count). The molecule has 232 valence electrons. The molecule has 1 unspecified atom stereocenters. The molecule has 1 saturated carbocycles. The zero-order chi connectivity index (χ0) is 31.2. The maximum atomic E-state index is 14.6. The highest BCUT2D eigenvalue weighted by Gasteiger charge is 2.36. The molecule has 0 radical (unpaired) electrons. The first-order chi connectivity index (χ1) is 21.3. The standard InChI is InChI=1S/C36H43N3O5/c1-23(2)24-15-17-28(18-16-24)39(33(40)21-26-22-37-30-14-10-9-13-29(26)30)34(36(41)38-27-11-7-6-8-12-27)25-19-31(42-3)35(44-5)32(20-25)43-4/h9-10,13-20,22-23,27,34,37H,6-8,11-12,21H2,1-5H3,(H,38,41). The lowest BCUT2D eigenvalue weighted by Crippen LogP contribution is -2.47. The molecule has 44 heavy (non-hydrogen) atoms. The number of carbonyl (C=O) groups is 2. The van der Waals surface area contributed by atoms with Gasteiger partial charge in [-0.15, -0.1) is 0 Å². The lowest BCUT2D eigenvalue weighted by atomic mass is 9.94. The van der Waals surface area contributed by atoms with Crippen LogP contribution in [0.1, 0.15) is 74.6 Å². The number of H-pyrrole nitrogens is 1. The zero-order valence-corrected chi connectivity index (χ0v) is 26.3. The fraction of sp³-hybridized carbons (Fsp3) is 0.389. The van der Waals surface area contributed by atoms with Gasteiger partial charge in [-0.05, 0) is 65.8 Å². The van der Waals surface area contributed by atoms with Crippen LogP contribution in [0, 0.1) is 0 Å². The summed E-state index contributed by atoms with van der Waals surface area (Å²) in [5, 5.41) is 4.27. The van der Waals surface area contributed by atoms with E-state index >= 15 is 0 Å². The Morgan fingerprint density at radius 1 is 0.886 bits per heavy atom. The van der Waals surface area contributed by atoms with Gasteiger partial charge in [-0.3, -0.25) is 14.5 Å². The highest BCUT2D eigenvalue weighted by molar-refractivity contribution is 6.03. The monoisotopic (exact) mass is 597 g/mol. The first-order valence-corrected chi connectivity index (χ1v) is 15.4. The van der Waals surface area contributed by atoms with Crippen molar-refractivity contribution in [3.8, 4) is 17.2 Å². The third-order valence-electron chi connectivity index (χ3n) is 8.58. The molecule has 0 spiro atoms. The van der Waals surface area contributed by atoms with E-state index in [2.05, 4.69) is 24.1 Å². The van der Waals surface area contributed by atoms with Crippen molar-refractivity contribution in [2.24, 2.45) is 0 Å². The number of ether oxygens (including phenoxy) is 3. The van der Waals surface area contributed by atoms with Crippen molar-refractivity contribution in [3.05, 3.63) is 83.6 Å². The maximum absolute atomic E-state index is 14.6. The molecule has 0 aliphatic heterocycles. The van der Waals surface area contributed by atoms with Crippen molar-refractivity contribution in [2.45, 2.75) is 70.4 Å². The largest absolute Gasteiger partial charge is 0.493 e. The summed E-state index contributed by atoms with van der Waals surface area (Å²) >= 11 is 0. The fourth-order valence-electron chi connectivity index (χ4n) is 6.19. The first-order valence-electron chi connectivity index (χ1n) is 15.4. The number of nitrogens with zero attached hydrogens (tertiary/aromatic N) is 1. The topological polar surface area (TPSA) is 92.9 Å². The van der Waals surface area contributed by atoms with Gasteiger partial charge in [0.25, 0.3) is 0 Å². The molecular formula is C36H43N3O5. The molecule has 1 aliphatic rings. The lowest BCUT2D eigenvalue weighted by Gasteiger charge is -2.34. The second-order valence-electron chi connectivity index (χ2n) is 11.8. The molecule has 2 N–H and O–H groups in total. The Labute approximate surface area is 259 Å². The van der Waals surface area contributed by atoms with Gasteiger partial charge in [0.1, 0.15) is 6.04 Å². The second-order valence-corrected chi connectivity index (χ2v) is 11.8. The first kappa shape index (κ1) is 31.0. The predicted octanol–water partition coefficient (Wildman–Crippen LogP) is 7.08. The average Bonchev–Trinajstić information content (AvgIpc) is 3.45. The van der Waals surface area contributed by atoms with E-state index in [1.165, 1.54) is 6.42 Å². The Morgan fingerprint density at radius 3 is 2.16 bits per heavy atom. The number of amides is 2. The third kappa shape index (κ3) is 6.54. The summed E-state index contributed by atoms with van der Waals surface area (Å²) in [5.74, 6) is 1.12. The van der Waals surface area contributed by atoms with Gasteiger partial charge in [-0.25, -0.2) is 0 Å². The van der Waals surface area contributed by atoms with Crippen LogP contribution < -0.4 is 24.4 Å². The molecule has 8 heteroatoms. The molecule has 1 atom stereocenters. The Hall–Kier alpha value is -4.46. The van der Waals surface area contributed by atoms with Crippen LogP contribution in [0.4, 0.5) is 5.69 Å². The van der Waals surface area contributed by atoms with Crippen LogP contribution in [-0.2, 0) is 16.0 Å². The van der Waals surface area contributed by atoms with E-state index < -0.39 is 6.04 Å². The highest BCUT2D eigenvalue weighted by atomic mass is 16.5. The number of hydrogen-bond acceptors (Lipinski definition) is 5. The fourth-order valence-corrected chi connectivity index (χ4v) is 6.19. The van der Waals surface area contributed by atoms with Gasteiger partial charge < -0.3 is 24.5 Å². The van der Waals surface area contributed by atoms with Gasteiger partial charge in [0, 0.05) is 28.8 Å². The average molecular weight is 598 g/mol. The molecule has 0 saturated heterocycles. The summed E-state index contributed by atoms with van der Waals surface area (Å²) in [5.41, 5.74) is 4.17. The minimum absolute atomic E-state index is 0.0506. The Bertz CT molecular complexity index is 1560. The normalized spacial score (nSPS) is 14.3. The number of fused-ring (bicyclic) bond motifs is 1. The Balaban J connectivity index is 1.65. The number of carbonyl (C=O) groups excluding carboxylic acids is 2. The SMILES string of the molecule is COc1cc(C(C(=O)NC2CCCCC2)N(C(=O)Cc2c[nH]c3ccccc23)c2ccc(C(C)C)cc2)cc(OC)c1OC. The van der Waals surface area contributed by atoms with Crippen molar-refractivity contribution < 1.29 is 23.8 Å². The van der Waals surface area contributed by atoms with E-state index in [-0.39, 0.29) is 24.3 Å². The summed E-state index contributed by atoms with van der Waals surface area (Å²) in [4.78, 5) is 33.9. The number of rotatable bonds is 11. The molecule has 4 aromatic rings. The van der Waals surface area contributed by atoms with E-state index in [9.17, 15) is 9.59 Å². The minimum Gasteiger partial charge on any atom is -0.493 e. The van der Waals surface area contributed by atoms with Crippen molar-refractivity contribution in [1.29, 1.82) is 0 Å². The van der Waals surface area contributed by atoms with Crippen LogP contribution >= 0.6 is 0 Å². The number of hydrogen-bond donors (Lipinski definition) is 2. The third-order valence-corrected chi connectivity index (χ3v) is 8.58. The Kier molecular flexibility index (Phi) is 9.78. The number of methoxy groups -OCH3 is 3. The molecule has 1 fully saturated rings. The lowest BCUT2D eigenvalue weighted by molar-refractivity contribution is -0.127. The summed E-state index contributed by atoms with van der Waals surface area (Å²) in [6.07, 6.45) is 7.12. The zero-order valence-electron chi connectivity index (χ0n) is 26.3. The number of nitrogens with one attached hydrogen (secondary N) is 2. The Morgan fingerprint density at radius 2 is 1.55 bits per heavy atom. The molecule has 2 amide bonds. The smallest absolute Gasteiger partial charge is 0.248 e. The van der Waals surface area contributed by atoms with E-state index in [4.69, 9.17) is 14.2 Å². The quantitative estimate of drug-likeness (QED) is 0.193. The van der Waals surface area contributed by atoms with Gasteiger partial charge >= 0.3 is 0 Å². The molecule has 1 aliphatic carbocycles. The molecular weight excluding hydrogens is 554 g/mol. The van der Waals surface area contributed by atoms with Crippen LogP contribution in [0.3, 0.4) is 0 Å². The number of para-hydroxylation sites is 1. The maximum Gasteiger partial charge on any atom is 0.248 e. The van der Waals surface area contributed by atoms with E-state index in [0.29, 0.717) is 34.4 Å². The number of anilines is 1. The van der Waals surface area contributed by atoms with Crippen LogP contribution in [0.15, 0.2) is 66.9 Å². The molecule has 3 aromatic carbocycles. The summed E-state index contributed by atoms with van der Waals surface area (Å²) in [6.45, 7) is 4.26. The highest BCUT2D eigenvalue weighted by Crippen LogP contribution is 2.42. The number of aromatic amines is 1. The van der Waals surface area contributed by atoms with Gasteiger partial charge in [0.15, 0.2) is 11.5 Å². The second kappa shape index (κ2) is 13.9. The van der Waals surface area contributed by atoms with Crippen LogP contribution in [0.5, 0.6) is 17.2 Å². The minimum atomic E-state index is -0.992. The molecule has 1 heterocycles. The van der Waals surface area contributed by atoms with Gasteiger partial charge in [-0.2, -0.15) is 0 Å². The van der Waals surface area contributed by atoms with Crippen LogP contribution in [0.25, 0.3) is 10.9 Å². The van der Waals surface area contributed by atoms with Crippen molar-refractivity contribution in [2.75, 3.05) is 26.2 Å². The van der Waals surface area contributed by atoms with E-state index in [1.807, 2.05) is 54.7 Å². The summed E-state index contributed by atoms with van der Waals surface area (Å²) in [6, 6.07) is 18.4. The van der Waals surface area contributed by atoms with Crippen LogP contribution in [-0.4, -0.2) is 44.2 Å². The number of aromatic nitrogens is 1. The van der Waals surface area contributed by atoms with Crippen molar-refractivity contribution in [3.63, 3.8) is 0 Å². The molecule has 1 aromatic heterocycles. The van der Waals surface area contributed by atoms with Crippen molar-refractivity contribution in [1.82, 2.24) is 10.3 Å². The molecule has 8 nitrogen and oxygen atoms in total.